The number of hydrogen-bond donors (Lipinski definition) is 2. The summed E-state index contributed by atoms with van der Waals surface area (Å²) in [6.07, 6.45) is 58.6. The van der Waals surface area contributed by atoms with Crippen LogP contribution in [0.1, 0.15) is 393 Å². The lowest BCUT2D eigenvalue weighted by Gasteiger charge is -2.22. The molecule has 0 aliphatic carbocycles. The van der Waals surface area contributed by atoms with Crippen LogP contribution in [0.25, 0.3) is 0 Å². The molecular weight excluding hydrogens is 1130 g/mol. The van der Waals surface area contributed by atoms with Crippen LogP contribution >= 0.6 is 0 Å². The van der Waals surface area contributed by atoms with Gasteiger partial charge in [0.2, 0.25) is 0 Å². The van der Waals surface area contributed by atoms with E-state index in [4.69, 9.17) is 18.9 Å². The monoisotopic (exact) mass is 1300 g/mol. The minimum absolute atomic E-state index is 0.0458. The van der Waals surface area contributed by atoms with Crippen molar-refractivity contribution in [2.24, 2.45) is 94.7 Å². The molecule has 0 bridgehead atoms. The highest BCUT2D eigenvalue weighted by atomic mass is 16.5. The van der Waals surface area contributed by atoms with E-state index in [9.17, 15) is 10.2 Å². The average Bonchev–Trinajstić information content (AvgIpc) is 3.62. The summed E-state index contributed by atoms with van der Waals surface area (Å²) in [4.78, 5) is 0. The van der Waals surface area contributed by atoms with E-state index in [1.165, 1.54) is 257 Å². The molecular formula is C86H172O6. The Kier molecular flexibility index (Phi) is 59.2. The first-order valence-electron chi connectivity index (χ1n) is 41.8. The van der Waals surface area contributed by atoms with E-state index in [0.29, 0.717) is 25.0 Å². The Bertz CT molecular complexity index is 1410. The molecule has 0 aromatic carbocycles. The lowest BCUT2D eigenvalue weighted by atomic mass is 9.84. The van der Waals surface area contributed by atoms with Gasteiger partial charge >= 0.3 is 0 Å². The standard InChI is InChI=1S/C86H172O6/c1-69-33-21-17-19-23-57-91-85(65-87)67-89-59-55-77(9)47-29-41-73(5)38-26-36-72(4)40-28-46-76(8)52-54-82(14)64-84(16)62-80(12)50-32-44-70(2)34-22-18-20-24-58-92-86(66-88)68-90-60-56-78(10)48-30-42-74(6)37-25-35-71(3)39-27-45-75(7)51-53-81(13)63-83(15)61-79(11)49-31-43-69/h69-88H,17-68H2,1-16H3. The van der Waals surface area contributed by atoms with Crippen LogP contribution in [0.3, 0.4) is 0 Å². The van der Waals surface area contributed by atoms with Crippen molar-refractivity contribution >= 4 is 0 Å². The molecule has 6 heteroatoms. The van der Waals surface area contributed by atoms with E-state index < -0.39 is 0 Å². The Morgan fingerprint density at radius 2 is 0.391 bits per heavy atom. The lowest BCUT2D eigenvalue weighted by molar-refractivity contribution is -0.0449. The summed E-state index contributed by atoms with van der Waals surface area (Å²) in [6.45, 7) is 44.0. The lowest BCUT2D eigenvalue weighted by Crippen LogP contribution is -2.25. The van der Waals surface area contributed by atoms with Gasteiger partial charge in [-0.05, 0) is 146 Å². The van der Waals surface area contributed by atoms with Crippen molar-refractivity contribution in [1.82, 2.24) is 0 Å². The Labute approximate surface area is 579 Å². The van der Waals surface area contributed by atoms with Gasteiger partial charge in [0, 0.05) is 26.4 Å². The summed E-state index contributed by atoms with van der Waals surface area (Å²) in [7, 11) is 0. The molecule has 92 heavy (non-hydrogen) atoms. The van der Waals surface area contributed by atoms with Crippen molar-refractivity contribution in [3.63, 3.8) is 0 Å². The van der Waals surface area contributed by atoms with Crippen molar-refractivity contribution in [2.45, 2.75) is 406 Å². The first-order valence-corrected chi connectivity index (χ1v) is 41.8. The Morgan fingerprint density at radius 3 is 0.652 bits per heavy atom. The highest BCUT2D eigenvalue weighted by Gasteiger charge is 2.19. The fraction of sp³-hybridized carbons (Fsp3) is 1.00. The van der Waals surface area contributed by atoms with Gasteiger partial charge in [-0.25, -0.2) is 0 Å². The summed E-state index contributed by atoms with van der Waals surface area (Å²) in [6, 6.07) is 0. The molecule has 0 aromatic rings. The van der Waals surface area contributed by atoms with Crippen molar-refractivity contribution in [3.05, 3.63) is 0 Å². The highest BCUT2D eigenvalue weighted by Crippen LogP contribution is 2.32. The molecule has 18 unspecified atom stereocenters. The third-order valence-electron chi connectivity index (χ3n) is 23.1. The molecule has 1 aliphatic rings. The molecule has 0 amide bonds. The molecule has 552 valence electrons. The topological polar surface area (TPSA) is 77.4 Å². The van der Waals surface area contributed by atoms with Crippen LogP contribution in [0.4, 0.5) is 0 Å². The molecule has 6 nitrogen and oxygen atoms in total. The maximum atomic E-state index is 9.98. The molecule has 0 spiro atoms. The first kappa shape index (κ1) is 89.8. The Morgan fingerprint density at radius 1 is 0.196 bits per heavy atom. The SMILES string of the molecule is CC1CCCC(C)CCCC(C)CCC(C)CC(C)CC(C)CCCC(C)CCCCCCOC(CO)COCCC(C)CCCC(C)CCCC(C)CCCC(C)CCC(C)CC(C)CC(C)CCCC(C)CCCCCCOC(CO)COCCC(C)CCC1. The van der Waals surface area contributed by atoms with Gasteiger partial charge in [0.25, 0.3) is 0 Å². The molecule has 1 saturated heterocycles. The van der Waals surface area contributed by atoms with Gasteiger partial charge in [0.05, 0.1) is 26.4 Å². The molecule has 2 N–H and O–H groups in total. The fourth-order valence-corrected chi connectivity index (χ4v) is 16.2. The van der Waals surface area contributed by atoms with Crippen LogP contribution < -0.4 is 0 Å². The predicted octanol–water partition coefficient (Wildman–Crippen LogP) is 26.1. The third kappa shape index (κ3) is 56.6. The molecule has 18 atom stereocenters. The second kappa shape index (κ2) is 60.7. The van der Waals surface area contributed by atoms with Crippen molar-refractivity contribution in [1.29, 1.82) is 0 Å². The van der Waals surface area contributed by atoms with Crippen molar-refractivity contribution < 1.29 is 29.2 Å². The second-order valence-electron chi connectivity index (χ2n) is 34.7. The fourth-order valence-electron chi connectivity index (χ4n) is 16.2. The van der Waals surface area contributed by atoms with E-state index in [0.717, 1.165) is 135 Å². The summed E-state index contributed by atoms with van der Waals surface area (Å²) in [5.74, 6) is 13.2. The molecule has 1 heterocycles. The second-order valence-corrected chi connectivity index (χ2v) is 34.7. The molecule has 0 saturated carbocycles. The Balaban J connectivity index is 2.51. The van der Waals surface area contributed by atoms with Gasteiger partial charge < -0.3 is 29.2 Å². The maximum absolute atomic E-state index is 9.98. The van der Waals surface area contributed by atoms with Crippen LogP contribution in [0.5, 0.6) is 0 Å². The molecule has 1 rings (SSSR count). The van der Waals surface area contributed by atoms with Crippen LogP contribution in [-0.4, -0.2) is 75.3 Å². The quantitative estimate of drug-likeness (QED) is 0.287. The number of aliphatic hydroxyl groups excluding tert-OH is 2. The number of aliphatic hydroxyl groups is 2. The van der Waals surface area contributed by atoms with Crippen LogP contribution in [0.15, 0.2) is 0 Å². The van der Waals surface area contributed by atoms with Gasteiger partial charge in [0.15, 0.2) is 0 Å². The summed E-state index contributed by atoms with van der Waals surface area (Å²) in [5.41, 5.74) is 0. The summed E-state index contributed by atoms with van der Waals surface area (Å²) >= 11 is 0. The number of rotatable bonds is 2. The molecule has 1 fully saturated rings. The Hall–Kier alpha value is -0.240. The number of ether oxygens (including phenoxy) is 4. The average molecular weight is 1300 g/mol. The largest absolute Gasteiger partial charge is 0.394 e. The van der Waals surface area contributed by atoms with Gasteiger partial charge in [-0.3, -0.25) is 0 Å². The molecule has 0 aromatic heterocycles. The molecule has 1 aliphatic heterocycles. The van der Waals surface area contributed by atoms with Gasteiger partial charge in [-0.15, -0.1) is 0 Å². The van der Waals surface area contributed by atoms with E-state index in [1.807, 2.05) is 0 Å². The van der Waals surface area contributed by atoms with Gasteiger partial charge in [-0.1, -0.05) is 342 Å². The van der Waals surface area contributed by atoms with Gasteiger partial charge in [-0.2, -0.15) is 0 Å². The predicted molar refractivity (Wildman–Crippen MR) is 405 cm³/mol. The van der Waals surface area contributed by atoms with Crippen LogP contribution in [-0.2, 0) is 18.9 Å². The maximum Gasteiger partial charge on any atom is 0.104 e. The van der Waals surface area contributed by atoms with Crippen molar-refractivity contribution in [2.75, 3.05) is 52.9 Å². The highest BCUT2D eigenvalue weighted by molar-refractivity contribution is 4.71. The van der Waals surface area contributed by atoms with E-state index in [1.54, 1.807) is 0 Å². The minimum Gasteiger partial charge on any atom is -0.394 e. The van der Waals surface area contributed by atoms with E-state index >= 15 is 0 Å². The van der Waals surface area contributed by atoms with Gasteiger partial charge in [0.1, 0.15) is 12.2 Å². The first-order chi connectivity index (χ1) is 44.2. The zero-order chi connectivity index (χ0) is 68.0. The summed E-state index contributed by atoms with van der Waals surface area (Å²) < 4.78 is 24.2. The van der Waals surface area contributed by atoms with Crippen molar-refractivity contribution in [3.8, 4) is 0 Å². The zero-order valence-corrected chi connectivity index (χ0v) is 65.7. The van der Waals surface area contributed by atoms with Crippen LogP contribution in [0, 0.1) is 94.7 Å². The number of hydrogen-bond acceptors (Lipinski definition) is 6. The normalized spacial score (nSPS) is 36.1. The third-order valence-corrected chi connectivity index (χ3v) is 23.1. The molecule has 0 radical (unpaired) electrons. The van der Waals surface area contributed by atoms with Crippen LogP contribution in [0.2, 0.25) is 0 Å². The minimum atomic E-state index is -0.194. The zero-order valence-electron chi connectivity index (χ0n) is 65.7. The van der Waals surface area contributed by atoms with E-state index in [-0.39, 0.29) is 25.4 Å². The summed E-state index contributed by atoms with van der Waals surface area (Å²) in [5, 5.41) is 20.0. The van der Waals surface area contributed by atoms with E-state index in [2.05, 4.69) is 111 Å². The smallest absolute Gasteiger partial charge is 0.104 e.